The van der Waals surface area contributed by atoms with Crippen molar-refractivity contribution in [2.75, 3.05) is 0 Å². The summed E-state index contributed by atoms with van der Waals surface area (Å²) in [5.74, 6) is 0. The van der Waals surface area contributed by atoms with Crippen LogP contribution in [0.3, 0.4) is 0 Å². The van der Waals surface area contributed by atoms with Gasteiger partial charge in [-0.05, 0) is 47.7 Å². The van der Waals surface area contributed by atoms with Crippen LogP contribution in [0.4, 0.5) is 0 Å². The zero-order valence-corrected chi connectivity index (χ0v) is 12.1. The first-order valence-corrected chi connectivity index (χ1v) is 6.88. The smallest absolute Gasteiger partial charge is 0.0149 e. The highest BCUT2D eigenvalue weighted by Gasteiger charge is 2.04. The van der Waals surface area contributed by atoms with Gasteiger partial charge in [-0.2, -0.15) is 0 Å². The summed E-state index contributed by atoms with van der Waals surface area (Å²) in [5, 5.41) is 0. The molecule has 0 aliphatic heterocycles. The molecule has 0 fully saturated rings. The van der Waals surface area contributed by atoms with E-state index >= 15 is 0 Å². The number of hydrogen-bond donors (Lipinski definition) is 0. The zero-order chi connectivity index (χ0) is 14.4. The number of hydrogen-bond acceptors (Lipinski definition) is 0. The number of aryl methyl sites for hydroxylation is 1. The summed E-state index contributed by atoms with van der Waals surface area (Å²) in [6.45, 7) is 8.08. The lowest BCUT2D eigenvalue weighted by atomic mass is 9.95. The van der Waals surface area contributed by atoms with E-state index in [0.29, 0.717) is 0 Å². The molecule has 0 aromatic heterocycles. The standard InChI is InChI=1S/C20H20/c1-4-6-10-17(5-2)19-14-13-16(3)20(15-19)18-11-8-7-9-12-18/h4-15H,2H2,1,3H3. The number of benzene rings is 2. The van der Waals surface area contributed by atoms with Gasteiger partial charge in [-0.15, -0.1) is 0 Å². The zero-order valence-electron chi connectivity index (χ0n) is 12.1. The van der Waals surface area contributed by atoms with Crippen LogP contribution < -0.4 is 0 Å². The largest absolute Gasteiger partial charge is 0.0984 e. The highest BCUT2D eigenvalue weighted by atomic mass is 14.1. The van der Waals surface area contributed by atoms with Gasteiger partial charge < -0.3 is 0 Å². The van der Waals surface area contributed by atoms with Gasteiger partial charge in [-0.1, -0.05) is 73.3 Å². The fraction of sp³-hybridized carbons (Fsp3) is 0.100. The van der Waals surface area contributed by atoms with Crippen LogP contribution in [0.1, 0.15) is 18.1 Å². The van der Waals surface area contributed by atoms with Gasteiger partial charge in [0.15, 0.2) is 0 Å². The van der Waals surface area contributed by atoms with Crippen LogP contribution in [0.25, 0.3) is 16.7 Å². The Bertz CT molecular complexity index is 643. The monoisotopic (exact) mass is 260 g/mol. The van der Waals surface area contributed by atoms with E-state index in [2.05, 4.69) is 62.0 Å². The molecule has 0 saturated heterocycles. The average molecular weight is 260 g/mol. The van der Waals surface area contributed by atoms with E-state index in [1.54, 1.807) is 0 Å². The fourth-order valence-corrected chi connectivity index (χ4v) is 2.21. The van der Waals surface area contributed by atoms with Gasteiger partial charge in [0.05, 0.1) is 0 Å². The normalized spacial score (nSPS) is 11.8. The topological polar surface area (TPSA) is 0 Å². The van der Waals surface area contributed by atoms with Crippen molar-refractivity contribution in [2.45, 2.75) is 13.8 Å². The predicted molar refractivity (Wildman–Crippen MR) is 89.6 cm³/mol. The molecule has 100 valence electrons. The Morgan fingerprint density at radius 2 is 1.80 bits per heavy atom. The Kier molecular flexibility index (Phi) is 4.73. The van der Waals surface area contributed by atoms with Crippen molar-refractivity contribution in [1.29, 1.82) is 0 Å². The van der Waals surface area contributed by atoms with Crippen molar-refractivity contribution in [3.05, 3.63) is 90.5 Å². The van der Waals surface area contributed by atoms with E-state index in [4.69, 9.17) is 0 Å². The molecule has 0 radical (unpaired) electrons. The third-order valence-corrected chi connectivity index (χ3v) is 3.34. The summed E-state index contributed by atoms with van der Waals surface area (Å²) < 4.78 is 0. The van der Waals surface area contributed by atoms with Gasteiger partial charge in [0.2, 0.25) is 0 Å². The van der Waals surface area contributed by atoms with Crippen LogP contribution in [0.5, 0.6) is 0 Å². The molecule has 2 rings (SSSR count). The molecule has 0 saturated carbocycles. The predicted octanol–water partition coefficient (Wildman–Crippen LogP) is 5.81. The maximum Gasteiger partial charge on any atom is -0.0149 e. The number of allylic oxidation sites excluding steroid dienone is 5. The third-order valence-electron chi connectivity index (χ3n) is 3.34. The molecule has 0 spiro atoms. The molecular weight excluding hydrogens is 240 g/mol. The second-order valence-electron chi connectivity index (χ2n) is 4.75. The van der Waals surface area contributed by atoms with Crippen molar-refractivity contribution in [3.8, 4) is 11.1 Å². The van der Waals surface area contributed by atoms with Crippen LogP contribution in [0.15, 0.2) is 79.4 Å². The Hall–Kier alpha value is -2.34. The van der Waals surface area contributed by atoms with Crippen molar-refractivity contribution in [2.24, 2.45) is 0 Å². The summed E-state index contributed by atoms with van der Waals surface area (Å²) in [4.78, 5) is 0. The van der Waals surface area contributed by atoms with E-state index in [-0.39, 0.29) is 0 Å². The van der Waals surface area contributed by atoms with Gasteiger partial charge in [0, 0.05) is 0 Å². The van der Waals surface area contributed by atoms with Crippen molar-refractivity contribution in [1.82, 2.24) is 0 Å². The molecule has 0 heteroatoms. The summed E-state index contributed by atoms with van der Waals surface area (Å²) in [5.41, 5.74) is 6.15. The second kappa shape index (κ2) is 6.72. The maximum atomic E-state index is 3.91. The molecule has 2 aromatic carbocycles. The minimum absolute atomic E-state index is 1.14. The Morgan fingerprint density at radius 3 is 2.45 bits per heavy atom. The van der Waals surface area contributed by atoms with Crippen molar-refractivity contribution in [3.63, 3.8) is 0 Å². The van der Waals surface area contributed by atoms with E-state index in [0.717, 1.165) is 5.57 Å². The Balaban J connectivity index is 2.51. The first kappa shape index (κ1) is 14.1. The van der Waals surface area contributed by atoms with Crippen molar-refractivity contribution < 1.29 is 0 Å². The first-order valence-electron chi connectivity index (χ1n) is 6.88. The van der Waals surface area contributed by atoms with E-state index in [9.17, 15) is 0 Å². The van der Waals surface area contributed by atoms with Gasteiger partial charge in [-0.25, -0.2) is 0 Å². The fourth-order valence-electron chi connectivity index (χ4n) is 2.21. The molecule has 0 bridgehead atoms. The molecule has 0 unspecified atom stereocenters. The Morgan fingerprint density at radius 1 is 1.05 bits per heavy atom. The lowest BCUT2D eigenvalue weighted by Gasteiger charge is -2.10. The number of rotatable bonds is 4. The highest BCUT2D eigenvalue weighted by Crippen LogP contribution is 2.27. The van der Waals surface area contributed by atoms with Crippen LogP contribution in [0, 0.1) is 6.92 Å². The molecule has 2 aromatic rings. The van der Waals surface area contributed by atoms with E-state index in [1.165, 1.54) is 22.3 Å². The molecule has 20 heavy (non-hydrogen) atoms. The van der Waals surface area contributed by atoms with Gasteiger partial charge >= 0.3 is 0 Å². The minimum Gasteiger partial charge on any atom is -0.0984 e. The minimum atomic E-state index is 1.14. The average Bonchev–Trinajstić information content (AvgIpc) is 2.50. The van der Waals surface area contributed by atoms with Gasteiger partial charge in [0.25, 0.3) is 0 Å². The molecule has 0 heterocycles. The van der Waals surface area contributed by atoms with Gasteiger partial charge in [0.1, 0.15) is 0 Å². The summed E-state index contributed by atoms with van der Waals surface area (Å²) in [6.07, 6.45) is 8.06. The van der Waals surface area contributed by atoms with Crippen LogP contribution in [0.2, 0.25) is 0 Å². The van der Waals surface area contributed by atoms with E-state index in [1.807, 2.05) is 31.2 Å². The molecule has 0 aliphatic rings. The molecular formula is C20H20. The van der Waals surface area contributed by atoms with E-state index < -0.39 is 0 Å². The molecule has 0 amide bonds. The van der Waals surface area contributed by atoms with Crippen LogP contribution in [-0.4, -0.2) is 0 Å². The molecule has 0 atom stereocenters. The van der Waals surface area contributed by atoms with Crippen molar-refractivity contribution >= 4 is 5.57 Å². The maximum absolute atomic E-state index is 3.91. The van der Waals surface area contributed by atoms with Crippen LogP contribution in [-0.2, 0) is 0 Å². The Labute approximate surface area is 121 Å². The SMILES string of the molecule is C=CC(=CC=CC)c1ccc(C)c(-c2ccccc2)c1. The quantitative estimate of drug-likeness (QED) is 0.609. The highest BCUT2D eigenvalue weighted by molar-refractivity contribution is 5.79. The lowest BCUT2D eigenvalue weighted by Crippen LogP contribution is -1.87. The molecule has 0 nitrogen and oxygen atoms in total. The first-order chi connectivity index (χ1) is 9.76. The molecule has 0 N–H and O–H groups in total. The van der Waals surface area contributed by atoms with Crippen LogP contribution >= 0.6 is 0 Å². The van der Waals surface area contributed by atoms with Gasteiger partial charge in [-0.3, -0.25) is 0 Å². The summed E-state index contributed by atoms with van der Waals surface area (Å²) >= 11 is 0. The third kappa shape index (κ3) is 3.16. The summed E-state index contributed by atoms with van der Waals surface area (Å²) in [6, 6.07) is 17.1. The summed E-state index contributed by atoms with van der Waals surface area (Å²) in [7, 11) is 0. The second-order valence-corrected chi connectivity index (χ2v) is 4.75. The molecule has 0 aliphatic carbocycles. The lowest BCUT2D eigenvalue weighted by molar-refractivity contribution is 1.44.